The Kier molecular flexibility index (Phi) is 8.42. The van der Waals surface area contributed by atoms with Gasteiger partial charge in [-0.1, -0.05) is 15.9 Å². The summed E-state index contributed by atoms with van der Waals surface area (Å²) >= 11 is 4.69. The van der Waals surface area contributed by atoms with Gasteiger partial charge in [0.1, 0.15) is 17.5 Å². The summed E-state index contributed by atoms with van der Waals surface area (Å²) in [5, 5.41) is 9.24. The van der Waals surface area contributed by atoms with E-state index in [0.29, 0.717) is 17.3 Å². The van der Waals surface area contributed by atoms with Gasteiger partial charge < -0.3 is 9.30 Å². The Balaban J connectivity index is 1.74. The molecule has 0 saturated carbocycles. The van der Waals surface area contributed by atoms with E-state index in [9.17, 15) is 18.4 Å². The number of sulfonamides is 1. The average Bonchev–Trinajstić information content (AvgIpc) is 3.23. The largest absolute Gasteiger partial charge is 0.457 e. The van der Waals surface area contributed by atoms with E-state index in [4.69, 9.17) is 4.74 Å². The number of nitrogens with one attached hydrogen (secondary N) is 2. The van der Waals surface area contributed by atoms with Crippen molar-refractivity contribution in [2.45, 2.75) is 35.3 Å². The minimum Gasteiger partial charge on any atom is -0.457 e. The van der Waals surface area contributed by atoms with Gasteiger partial charge in [-0.3, -0.25) is 10.0 Å². The molecular formula is C22H25BrN4O5S2. The molecule has 0 saturated heterocycles. The third kappa shape index (κ3) is 6.83. The van der Waals surface area contributed by atoms with E-state index >= 15 is 0 Å². The highest BCUT2D eigenvalue weighted by atomic mass is 79.9. The number of ether oxygens (including phenoxy) is 1. The summed E-state index contributed by atoms with van der Waals surface area (Å²) in [4.78, 5) is 16.6. The highest BCUT2D eigenvalue weighted by Gasteiger charge is 2.39. The van der Waals surface area contributed by atoms with Crippen LogP contribution in [0.4, 0.5) is 0 Å². The Hall–Kier alpha value is -2.38. The predicted molar refractivity (Wildman–Crippen MR) is 133 cm³/mol. The number of rotatable bonds is 10. The molecule has 3 aromatic rings. The van der Waals surface area contributed by atoms with Crippen LogP contribution in [-0.2, 0) is 27.6 Å². The summed E-state index contributed by atoms with van der Waals surface area (Å²) in [6.07, 6.45) is 3.50. The number of nitrogens with zero attached hydrogens (tertiary/aromatic N) is 2. The van der Waals surface area contributed by atoms with Crippen LogP contribution in [0.1, 0.15) is 19.5 Å². The average molecular weight is 570 g/mol. The number of imidazole rings is 1. The molecular weight excluding hydrogens is 544 g/mol. The molecule has 0 radical (unpaired) electrons. The number of halogens is 1. The predicted octanol–water partition coefficient (Wildman–Crippen LogP) is 3.84. The maximum absolute atomic E-state index is 13.1. The standard InChI is InChI=1S/C22H25BrN4O5S2/c1-22(2,33-13-16-12-27(3)14-24-16)20(21(28)25-29)26-34(30,31)19-10-8-18(9-11-19)32-17-6-4-15(23)5-7-17/h4-12,14,20,26,29H,13H2,1-3H3,(H,25,28)/t20-/m0/s1. The van der Waals surface area contributed by atoms with Gasteiger partial charge in [0, 0.05) is 28.2 Å². The number of amides is 1. The molecule has 0 aliphatic rings. The van der Waals surface area contributed by atoms with Crippen molar-refractivity contribution < 1.29 is 23.2 Å². The molecule has 0 aliphatic heterocycles. The van der Waals surface area contributed by atoms with Gasteiger partial charge in [0.15, 0.2) is 0 Å². The number of carbonyl (C=O) groups is 1. The smallest absolute Gasteiger partial charge is 0.262 e. The van der Waals surface area contributed by atoms with E-state index in [1.165, 1.54) is 36.0 Å². The summed E-state index contributed by atoms with van der Waals surface area (Å²) in [6.45, 7) is 3.44. The van der Waals surface area contributed by atoms with Gasteiger partial charge in [0.2, 0.25) is 10.0 Å². The summed E-state index contributed by atoms with van der Waals surface area (Å²) in [7, 11) is -2.24. The van der Waals surface area contributed by atoms with E-state index in [-0.39, 0.29) is 4.90 Å². The Morgan fingerprint density at radius 3 is 2.29 bits per heavy atom. The van der Waals surface area contributed by atoms with Crippen molar-refractivity contribution in [3.8, 4) is 11.5 Å². The molecule has 3 N–H and O–H groups in total. The number of hydrogen-bond acceptors (Lipinski definition) is 7. The quantitative estimate of drug-likeness (QED) is 0.251. The van der Waals surface area contributed by atoms with Crippen LogP contribution in [0.2, 0.25) is 0 Å². The Labute approximate surface area is 211 Å². The molecule has 0 unspecified atom stereocenters. The van der Waals surface area contributed by atoms with E-state index in [1.54, 1.807) is 42.4 Å². The SMILES string of the molecule is Cn1cnc(CSC(C)(C)[C@@H](NS(=O)(=O)c2ccc(Oc3ccc(Br)cc3)cc2)C(=O)NO)c1. The zero-order valence-corrected chi connectivity index (χ0v) is 21.9. The minimum atomic E-state index is -4.09. The molecule has 1 aromatic heterocycles. The highest BCUT2D eigenvalue weighted by Crippen LogP contribution is 2.32. The van der Waals surface area contributed by atoms with Crippen LogP contribution in [0, 0.1) is 0 Å². The van der Waals surface area contributed by atoms with Crippen molar-refractivity contribution in [3.63, 3.8) is 0 Å². The molecule has 2 aromatic carbocycles. The van der Waals surface area contributed by atoms with Gasteiger partial charge >= 0.3 is 0 Å². The summed E-state index contributed by atoms with van der Waals surface area (Å²) in [5.74, 6) is 0.644. The number of aromatic nitrogens is 2. The first-order valence-electron chi connectivity index (χ1n) is 10.1. The minimum absolute atomic E-state index is 0.0445. The van der Waals surface area contributed by atoms with Gasteiger partial charge in [0.25, 0.3) is 5.91 Å². The Morgan fingerprint density at radius 2 is 1.76 bits per heavy atom. The fraction of sp³-hybridized carbons (Fsp3) is 0.273. The number of aryl methyl sites for hydroxylation is 1. The first-order valence-corrected chi connectivity index (χ1v) is 13.4. The fourth-order valence-electron chi connectivity index (χ4n) is 3.01. The molecule has 0 bridgehead atoms. The molecule has 34 heavy (non-hydrogen) atoms. The van der Waals surface area contributed by atoms with Gasteiger partial charge in [0.05, 0.1) is 16.9 Å². The number of hydroxylamine groups is 1. The lowest BCUT2D eigenvalue weighted by molar-refractivity contribution is -0.131. The van der Waals surface area contributed by atoms with Crippen LogP contribution in [0.3, 0.4) is 0 Å². The van der Waals surface area contributed by atoms with Crippen LogP contribution >= 0.6 is 27.7 Å². The topological polar surface area (TPSA) is 123 Å². The lowest BCUT2D eigenvalue weighted by Crippen LogP contribution is -2.55. The van der Waals surface area contributed by atoms with Gasteiger partial charge in [-0.25, -0.2) is 18.9 Å². The molecule has 0 spiro atoms. The monoisotopic (exact) mass is 568 g/mol. The van der Waals surface area contributed by atoms with Crippen LogP contribution < -0.4 is 14.9 Å². The summed E-state index contributed by atoms with van der Waals surface area (Å²) < 4.78 is 36.0. The van der Waals surface area contributed by atoms with Gasteiger partial charge in [-0.05, 0) is 62.4 Å². The molecule has 0 fully saturated rings. The molecule has 9 nitrogen and oxygen atoms in total. The van der Waals surface area contributed by atoms with Crippen molar-refractivity contribution >= 4 is 43.6 Å². The first-order chi connectivity index (χ1) is 16.0. The third-order valence-corrected chi connectivity index (χ3v) is 8.26. The lowest BCUT2D eigenvalue weighted by atomic mass is 10.0. The lowest BCUT2D eigenvalue weighted by Gasteiger charge is -2.32. The van der Waals surface area contributed by atoms with Crippen LogP contribution in [0.25, 0.3) is 0 Å². The van der Waals surface area contributed by atoms with Crippen molar-refractivity contribution in [1.29, 1.82) is 0 Å². The van der Waals surface area contributed by atoms with E-state index in [1.807, 2.05) is 25.4 Å². The zero-order chi connectivity index (χ0) is 24.9. The van der Waals surface area contributed by atoms with E-state index < -0.39 is 26.7 Å². The number of carbonyl (C=O) groups excluding carboxylic acids is 1. The summed E-state index contributed by atoms with van der Waals surface area (Å²) in [5.41, 5.74) is 2.35. The molecule has 1 heterocycles. The normalized spacial score (nSPS) is 12.9. The maximum Gasteiger partial charge on any atom is 0.262 e. The maximum atomic E-state index is 13.1. The number of thioether (sulfide) groups is 1. The van der Waals surface area contributed by atoms with Crippen LogP contribution in [0.15, 0.2) is 70.4 Å². The second-order valence-electron chi connectivity index (χ2n) is 7.98. The highest BCUT2D eigenvalue weighted by molar-refractivity contribution is 9.10. The summed E-state index contributed by atoms with van der Waals surface area (Å²) in [6, 6.07) is 11.8. The number of hydrogen-bond donors (Lipinski definition) is 3. The molecule has 12 heteroatoms. The Morgan fingerprint density at radius 1 is 1.18 bits per heavy atom. The van der Waals surface area contributed by atoms with Crippen LogP contribution in [-0.4, -0.2) is 39.9 Å². The van der Waals surface area contributed by atoms with E-state index in [0.717, 1.165) is 10.2 Å². The molecule has 1 atom stereocenters. The first kappa shape index (κ1) is 26.2. The van der Waals surface area contributed by atoms with Gasteiger partial charge in [-0.15, -0.1) is 11.8 Å². The van der Waals surface area contributed by atoms with Crippen molar-refractivity contribution in [1.82, 2.24) is 19.8 Å². The zero-order valence-electron chi connectivity index (χ0n) is 18.7. The molecule has 3 rings (SSSR count). The molecule has 182 valence electrons. The van der Waals surface area contributed by atoms with Gasteiger partial charge in [-0.2, -0.15) is 4.72 Å². The van der Waals surface area contributed by atoms with Crippen LogP contribution in [0.5, 0.6) is 11.5 Å². The fourth-order valence-corrected chi connectivity index (χ4v) is 5.69. The number of benzene rings is 2. The molecule has 1 amide bonds. The van der Waals surface area contributed by atoms with Crippen molar-refractivity contribution in [3.05, 3.63) is 71.2 Å². The second-order valence-corrected chi connectivity index (χ2v) is 12.2. The second kappa shape index (κ2) is 10.9. The Bertz CT molecular complexity index is 1230. The molecule has 0 aliphatic carbocycles. The van der Waals surface area contributed by atoms with E-state index in [2.05, 4.69) is 25.6 Å². The third-order valence-electron chi connectivity index (χ3n) is 4.87. The van der Waals surface area contributed by atoms with Crippen molar-refractivity contribution in [2.24, 2.45) is 7.05 Å². The van der Waals surface area contributed by atoms with Crippen molar-refractivity contribution in [2.75, 3.05) is 0 Å².